The highest BCUT2D eigenvalue weighted by Crippen LogP contribution is 2.25. The van der Waals surface area contributed by atoms with Crippen LogP contribution in [0.25, 0.3) is 0 Å². The van der Waals surface area contributed by atoms with Crippen LogP contribution >= 0.6 is 15.9 Å². The lowest BCUT2D eigenvalue weighted by atomic mass is 10.3. The van der Waals surface area contributed by atoms with Gasteiger partial charge < -0.3 is 10.1 Å². The van der Waals surface area contributed by atoms with Crippen molar-refractivity contribution in [1.29, 1.82) is 0 Å². The number of benzene rings is 1. The summed E-state index contributed by atoms with van der Waals surface area (Å²) in [6.45, 7) is 2.79. The molecule has 0 atom stereocenters. The summed E-state index contributed by atoms with van der Waals surface area (Å²) in [5.41, 5.74) is 3.31. The summed E-state index contributed by atoms with van der Waals surface area (Å²) < 4.78 is 6.28. The van der Waals surface area contributed by atoms with Gasteiger partial charge in [0.2, 0.25) is 5.95 Å². The van der Waals surface area contributed by atoms with Crippen molar-refractivity contribution in [3.63, 3.8) is 0 Å². The molecule has 1 aromatic carbocycles. The highest BCUT2D eigenvalue weighted by Gasteiger charge is 2.05. The lowest BCUT2D eigenvalue weighted by Gasteiger charge is -2.10. The van der Waals surface area contributed by atoms with Gasteiger partial charge in [0.05, 0.1) is 11.1 Å². The van der Waals surface area contributed by atoms with Gasteiger partial charge in [-0.15, -0.1) is 0 Å². The van der Waals surface area contributed by atoms with Crippen LogP contribution < -0.4 is 21.3 Å². The normalized spacial score (nSPS) is 10.2. The van der Waals surface area contributed by atoms with Crippen LogP contribution in [0.15, 0.2) is 34.9 Å². The summed E-state index contributed by atoms with van der Waals surface area (Å²) in [5.74, 6) is 7.12. The Labute approximate surface area is 125 Å². The van der Waals surface area contributed by atoms with E-state index in [0.29, 0.717) is 11.8 Å². The summed E-state index contributed by atoms with van der Waals surface area (Å²) in [5, 5.41) is 3.18. The summed E-state index contributed by atoms with van der Waals surface area (Å²) in [6.07, 6.45) is 2.62. The number of ether oxygens (including phenoxy) is 1. The van der Waals surface area contributed by atoms with Gasteiger partial charge in [-0.05, 0) is 46.6 Å². The first-order valence-corrected chi connectivity index (χ1v) is 7.01. The number of hydrogen-bond donors (Lipinski definition) is 3. The fraction of sp³-hybridized carbons (Fsp3) is 0.231. The van der Waals surface area contributed by atoms with Gasteiger partial charge >= 0.3 is 0 Å². The standard InChI is InChI=1S/C13H16BrN5O/c1-2-7-20-10-5-3-9(4-6-10)17-12-11(14)8-16-13(18-12)19-15/h3-6,8H,2,7,15H2,1H3,(H2,16,17,18,19). The Hall–Kier alpha value is -1.86. The SMILES string of the molecule is CCCOc1ccc(Nc2nc(NN)ncc2Br)cc1. The van der Waals surface area contributed by atoms with Crippen LogP contribution in [0.5, 0.6) is 5.75 Å². The molecule has 0 amide bonds. The molecule has 0 radical (unpaired) electrons. The molecule has 0 unspecified atom stereocenters. The number of nitrogens with one attached hydrogen (secondary N) is 2. The monoisotopic (exact) mass is 337 g/mol. The van der Waals surface area contributed by atoms with Crippen LogP contribution in [0.3, 0.4) is 0 Å². The molecule has 4 N–H and O–H groups in total. The molecule has 1 aromatic heterocycles. The average molecular weight is 338 g/mol. The second-order valence-electron chi connectivity index (χ2n) is 4.03. The summed E-state index contributed by atoms with van der Waals surface area (Å²) in [6, 6.07) is 7.68. The third-order valence-corrected chi connectivity index (χ3v) is 3.04. The van der Waals surface area contributed by atoms with E-state index in [4.69, 9.17) is 10.6 Å². The second kappa shape index (κ2) is 7.06. The Morgan fingerprint density at radius 1 is 1.30 bits per heavy atom. The Morgan fingerprint density at radius 3 is 2.70 bits per heavy atom. The number of hydrogen-bond acceptors (Lipinski definition) is 6. The highest BCUT2D eigenvalue weighted by atomic mass is 79.9. The molecule has 0 aliphatic rings. The minimum atomic E-state index is 0.346. The van der Waals surface area contributed by atoms with Gasteiger partial charge in [-0.3, -0.25) is 5.43 Å². The summed E-state index contributed by atoms with van der Waals surface area (Å²) >= 11 is 3.38. The minimum Gasteiger partial charge on any atom is -0.494 e. The molecule has 20 heavy (non-hydrogen) atoms. The van der Waals surface area contributed by atoms with E-state index >= 15 is 0 Å². The molecule has 0 bridgehead atoms. The van der Waals surface area contributed by atoms with Crippen molar-refractivity contribution in [2.45, 2.75) is 13.3 Å². The van der Waals surface area contributed by atoms with Gasteiger partial charge in [-0.25, -0.2) is 10.8 Å². The fourth-order valence-corrected chi connectivity index (χ4v) is 1.81. The van der Waals surface area contributed by atoms with Crippen molar-refractivity contribution in [3.05, 3.63) is 34.9 Å². The predicted molar refractivity (Wildman–Crippen MR) is 83.1 cm³/mol. The fourth-order valence-electron chi connectivity index (χ4n) is 1.52. The zero-order chi connectivity index (χ0) is 14.4. The van der Waals surface area contributed by atoms with Gasteiger partial charge in [0.25, 0.3) is 0 Å². The van der Waals surface area contributed by atoms with Crippen molar-refractivity contribution < 1.29 is 4.74 Å². The second-order valence-corrected chi connectivity index (χ2v) is 4.89. The molecule has 106 valence electrons. The maximum atomic E-state index is 5.53. The summed E-state index contributed by atoms with van der Waals surface area (Å²) in [4.78, 5) is 8.21. The van der Waals surface area contributed by atoms with E-state index in [0.717, 1.165) is 28.9 Å². The molecule has 7 heteroatoms. The smallest absolute Gasteiger partial charge is 0.239 e. The van der Waals surface area contributed by atoms with Crippen molar-refractivity contribution in [1.82, 2.24) is 9.97 Å². The van der Waals surface area contributed by atoms with E-state index in [9.17, 15) is 0 Å². The zero-order valence-electron chi connectivity index (χ0n) is 11.1. The molecule has 1 heterocycles. The molecule has 6 nitrogen and oxygen atoms in total. The highest BCUT2D eigenvalue weighted by molar-refractivity contribution is 9.10. The van der Waals surface area contributed by atoms with E-state index in [1.165, 1.54) is 0 Å². The number of nitrogens with two attached hydrogens (primary N) is 1. The molecule has 0 saturated heterocycles. The van der Waals surface area contributed by atoms with Crippen molar-refractivity contribution >= 4 is 33.4 Å². The molecule has 0 saturated carbocycles. The van der Waals surface area contributed by atoms with Crippen LogP contribution in [-0.2, 0) is 0 Å². The first-order valence-electron chi connectivity index (χ1n) is 6.22. The number of anilines is 3. The first kappa shape index (κ1) is 14.5. The number of nitrogens with zero attached hydrogens (tertiary/aromatic N) is 2. The molecule has 0 fully saturated rings. The van der Waals surface area contributed by atoms with Crippen LogP contribution in [0, 0.1) is 0 Å². The third-order valence-electron chi connectivity index (χ3n) is 2.46. The van der Waals surface area contributed by atoms with Crippen LogP contribution in [-0.4, -0.2) is 16.6 Å². The Morgan fingerprint density at radius 2 is 2.05 bits per heavy atom. The number of rotatable bonds is 6. The van der Waals surface area contributed by atoms with Crippen molar-refractivity contribution in [2.24, 2.45) is 5.84 Å². The average Bonchev–Trinajstić information content (AvgIpc) is 2.49. The van der Waals surface area contributed by atoms with Gasteiger partial charge in [0.1, 0.15) is 11.6 Å². The molecular formula is C13H16BrN5O. The molecule has 0 spiro atoms. The molecule has 2 aromatic rings. The van der Waals surface area contributed by atoms with E-state index in [1.54, 1.807) is 6.20 Å². The molecular weight excluding hydrogens is 322 g/mol. The maximum Gasteiger partial charge on any atom is 0.239 e. The molecule has 0 aliphatic heterocycles. The van der Waals surface area contributed by atoms with Gasteiger partial charge in [-0.1, -0.05) is 6.92 Å². The van der Waals surface area contributed by atoms with Gasteiger partial charge in [0.15, 0.2) is 0 Å². The minimum absolute atomic E-state index is 0.346. The lowest BCUT2D eigenvalue weighted by Crippen LogP contribution is -2.11. The Bertz CT molecular complexity index is 561. The van der Waals surface area contributed by atoms with Crippen molar-refractivity contribution in [3.8, 4) is 5.75 Å². The van der Waals surface area contributed by atoms with E-state index < -0.39 is 0 Å². The number of halogens is 1. The van der Waals surface area contributed by atoms with E-state index in [2.05, 4.69) is 43.6 Å². The van der Waals surface area contributed by atoms with Crippen molar-refractivity contribution in [2.75, 3.05) is 17.3 Å². The Balaban J connectivity index is 2.09. The number of nitrogen functional groups attached to an aromatic ring is 1. The van der Waals surface area contributed by atoms with Crippen LogP contribution in [0.1, 0.15) is 13.3 Å². The van der Waals surface area contributed by atoms with E-state index in [-0.39, 0.29) is 0 Å². The number of aromatic nitrogens is 2. The lowest BCUT2D eigenvalue weighted by molar-refractivity contribution is 0.317. The third kappa shape index (κ3) is 3.82. The first-order chi connectivity index (χ1) is 9.72. The molecule has 2 rings (SSSR count). The van der Waals surface area contributed by atoms with Crippen LogP contribution in [0.4, 0.5) is 17.5 Å². The topological polar surface area (TPSA) is 85.1 Å². The summed E-state index contributed by atoms with van der Waals surface area (Å²) in [7, 11) is 0. The predicted octanol–water partition coefficient (Wildman–Crippen LogP) is 3.06. The molecule has 0 aliphatic carbocycles. The quantitative estimate of drug-likeness (QED) is 0.554. The van der Waals surface area contributed by atoms with Crippen LogP contribution in [0.2, 0.25) is 0 Å². The zero-order valence-corrected chi connectivity index (χ0v) is 12.6. The van der Waals surface area contributed by atoms with Gasteiger partial charge in [0, 0.05) is 11.9 Å². The largest absolute Gasteiger partial charge is 0.494 e. The van der Waals surface area contributed by atoms with Gasteiger partial charge in [-0.2, -0.15) is 4.98 Å². The maximum absolute atomic E-state index is 5.53. The van der Waals surface area contributed by atoms with E-state index in [1.807, 2.05) is 24.3 Å². The number of hydrazine groups is 1. The Kier molecular flexibility index (Phi) is 5.14.